The molecule has 0 bridgehead atoms. The van der Waals surface area contributed by atoms with E-state index in [1.165, 1.54) is 18.2 Å². The number of rotatable bonds is 2. The highest BCUT2D eigenvalue weighted by molar-refractivity contribution is 6.08. The quantitative estimate of drug-likeness (QED) is 0.708. The van der Waals surface area contributed by atoms with Crippen molar-refractivity contribution in [2.75, 3.05) is 0 Å². The number of hydrogen-bond donors (Lipinski definition) is 2. The Kier molecular flexibility index (Phi) is 2.86. The van der Waals surface area contributed by atoms with Crippen LogP contribution in [0, 0.1) is 5.82 Å². The summed E-state index contributed by atoms with van der Waals surface area (Å²) in [6, 6.07) is 4.50. The third-order valence-corrected chi connectivity index (χ3v) is 2.39. The van der Waals surface area contributed by atoms with Crippen LogP contribution in [-0.4, -0.2) is 23.8 Å². The second-order valence-electron chi connectivity index (χ2n) is 3.62. The first-order chi connectivity index (χ1) is 8.08. The summed E-state index contributed by atoms with van der Waals surface area (Å²) in [4.78, 5) is 33.7. The fourth-order valence-corrected chi connectivity index (χ4v) is 1.55. The number of benzene rings is 1. The SMILES string of the molecule is O=C1C[C@@H](NC(=O)c2ccccc2F)C(=O)N1. The Morgan fingerprint density at radius 2 is 2.06 bits per heavy atom. The molecule has 88 valence electrons. The van der Waals surface area contributed by atoms with Crippen molar-refractivity contribution in [1.29, 1.82) is 0 Å². The van der Waals surface area contributed by atoms with Gasteiger partial charge in [0, 0.05) is 0 Å². The zero-order chi connectivity index (χ0) is 12.4. The molecule has 0 unspecified atom stereocenters. The normalized spacial score (nSPS) is 19.0. The van der Waals surface area contributed by atoms with Crippen LogP contribution in [0.4, 0.5) is 4.39 Å². The van der Waals surface area contributed by atoms with Gasteiger partial charge in [-0.15, -0.1) is 0 Å². The molecule has 5 nitrogen and oxygen atoms in total. The molecular formula is C11H9FN2O3. The number of imide groups is 1. The largest absolute Gasteiger partial charge is 0.340 e. The molecular weight excluding hydrogens is 227 g/mol. The van der Waals surface area contributed by atoms with Crippen molar-refractivity contribution in [2.24, 2.45) is 0 Å². The molecule has 1 saturated heterocycles. The molecule has 0 radical (unpaired) electrons. The lowest BCUT2D eigenvalue weighted by Crippen LogP contribution is -2.40. The highest BCUT2D eigenvalue weighted by Crippen LogP contribution is 2.08. The third kappa shape index (κ3) is 2.30. The van der Waals surface area contributed by atoms with Crippen LogP contribution in [0.1, 0.15) is 16.8 Å². The third-order valence-electron chi connectivity index (χ3n) is 2.39. The van der Waals surface area contributed by atoms with Gasteiger partial charge in [0.05, 0.1) is 12.0 Å². The predicted molar refractivity (Wildman–Crippen MR) is 55.4 cm³/mol. The second-order valence-corrected chi connectivity index (χ2v) is 3.62. The lowest BCUT2D eigenvalue weighted by atomic mass is 10.1. The van der Waals surface area contributed by atoms with E-state index in [4.69, 9.17) is 0 Å². The molecule has 1 fully saturated rings. The Labute approximate surface area is 96.0 Å². The fourth-order valence-electron chi connectivity index (χ4n) is 1.55. The molecule has 1 atom stereocenters. The summed E-state index contributed by atoms with van der Waals surface area (Å²) in [5.41, 5.74) is -0.153. The molecule has 6 heteroatoms. The molecule has 0 saturated carbocycles. The zero-order valence-corrected chi connectivity index (χ0v) is 8.70. The number of carbonyl (C=O) groups is 3. The molecule has 1 aliphatic rings. The van der Waals surface area contributed by atoms with E-state index in [1.807, 2.05) is 0 Å². The minimum atomic E-state index is -0.922. The number of hydrogen-bond acceptors (Lipinski definition) is 3. The minimum Gasteiger partial charge on any atom is -0.340 e. The molecule has 0 aliphatic carbocycles. The maximum atomic E-state index is 13.3. The van der Waals surface area contributed by atoms with E-state index in [0.717, 1.165) is 6.07 Å². The van der Waals surface area contributed by atoms with E-state index in [0.29, 0.717) is 0 Å². The molecule has 1 aromatic rings. The smallest absolute Gasteiger partial charge is 0.254 e. The van der Waals surface area contributed by atoms with Crippen LogP contribution in [0.2, 0.25) is 0 Å². The standard InChI is InChI=1S/C11H9FN2O3/c12-7-4-2-1-3-6(7)10(16)13-8-5-9(15)14-11(8)17/h1-4,8H,5H2,(H,13,16)(H,14,15,17)/t8-/m1/s1. The van der Waals surface area contributed by atoms with Gasteiger partial charge >= 0.3 is 0 Å². The number of nitrogens with one attached hydrogen (secondary N) is 2. The Morgan fingerprint density at radius 1 is 1.35 bits per heavy atom. The van der Waals surface area contributed by atoms with Crippen LogP contribution >= 0.6 is 0 Å². The average molecular weight is 236 g/mol. The Balaban J connectivity index is 2.10. The molecule has 3 amide bonds. The fraction of sp³-hybridized carbons (Fsp3) is 0.182. The van der Waals surface area contributed by atoms with Crippen molar-refractivity contribution in [3.8, 4) is 0 Å². The Morgan fingerprint density at radius 3 is 2.65 bits per heavy atom. The van der Waals surface area contributed by atoms with Gasteiger partial charge in [-0.3, -0.25) is 19.7 Å². The average Bonchev–Trinajstić information content (AvgIpc) is 2.58. The van der Waals surface area contributed by atoms with Crippen molar-refractivity contribution in [3.63, 3.8) is 0 Å². The minimum absolute atomic E-state index is 0.112. The highest BCUT2D eigenvalue weighted by atomic mass is 19.1. The first-order valence-corrected chi connectivity index (χ1v) is 4.97. The summed E-state index contributed by atoms with van der Waals surface area (Å²) >= 11 is 0. The monoisotopic (exact) mass is 236 g/mol. The van der Waals surface area contributed by atoms with Crippen molar-refractivity contribution in [1.82, 2.24) is 10.6 Å². The van der Waals surface area contributed by atoms with Gasteiger partial charge in [-0.05, 0) is 12.1 Å². The molecule has 0 spiro atoms. The molecule has 2 N–H and O–H groups in total. The van der Waals surface area contributed by atoms with Crippen molar-refractivity contribution >= 4 is 17.7 Å². The van der Waals surface area contributed by atoms with Crippen molar-refractivity contribution in [2.45, 2.75) is 12.5 Å². The van der Waals surface area contributed by atoms with Crippen molar-refractivity contribution in [3.05, 3.63) is 35.6 Å². The number of carbonyl (C=O) groups excluding carboxylic acids is 3. The van der Waals surface area contributed by atoms with Gasteiger partial charge in [0.2, 0.25) is 11.8 Å². The van der Waals surface area contributed by atoms with Gasteiger partial charge in [-0.25, -0.2) is 4.39 Å². The second kappa shape index (κ2) is 4.32. The maximum absolute atomic E-state index is 13.3. The lowest BCUT2D eigenvalue weighted by Gasteiger charge is -2.09. The highest BCUT2D eigenvalue weighted by Gasteiger charge is 2.32. The summed E-state index contributed by atoms with van der Waals surface area (Å²) < 4.78 is 13.3. The molecule has 1 heterocycles. The summed E-state index contributed by atoms with van der Waals surface area (Å²) in [5.74, 6) is -2.40. The molecule has 17 heavy (non-hydrogen) atoms. The maximum Gasteiger partial charge on any atom is 0.254 e. The Hall–Kier alpha value is -2.24. The van der Waals surface area contributed by atoms with Crippen LogP contribution in [0.3, 0.4) is 0 Å². The van der Waals surface area contributed by atoms with Crippen LogP contribution in [-0.2, 0) is 9.59 Å². The summed E-state index contributed by atoms with van der Waals surface area (Å²) in [7, 11) is 0. The van der Waals surface area contributed by atoms with Crippen LogP contribution < -0.4 is 10.6 Å². The zero-order valence-electron chi connectivity index (χ0n) is 8.70. The van der Waals surface area contributed by atoms with E-state index in [9.17, 15) is 18.8 Å². The van der Waals surface area contributed by atoms with E-state index in [-0.39, 0.29) is 12.0 Å². The molecule has 1 aromatic carbocycles. The van der Waals surface area contributed by atoms with Gasteiger partial charge in [-0.2, -0.15) is 0 Å². The van der Waals surface area contributed by atoms with Crippen molar-refractivity contribution < 1.29 is 18.8 Å². The van der Waals surface area contributed by atoms with Crippen LogP contribution in [0.5, 0.6) is 0 Å². The first kappa shape index (κ1) is 11.3. The molecule has 0 aromatic heterocycles. The van der Waals surface area contributed by atoms with Crippen LogP contribution in [0.15, 0.2) is 24.3 Å². The van der Waals surface area contributed by atoms with Gasteiger partial charge < -0.3 is 5.32 Å². The van der Waals surface area contributed by atoms with E-state index < -0.39 is 29.6 Å². The summed E-state index contributed by atoms with van der Waals surface area (Å²) in [5, 5.41) is 4.36. The van der Waals surface area contributed by atoms with Gasteiger partial charge in [0.25, 0.3) is 5.91 Å². The van der Waals surface area contributed by atoms with Gasteiger partial charge in [0.15, 0.2) is 0 Å². The van der Waals surface area contributed by atoms with Gasteiger partial charge in [-0.1, -0.05) is 12.1 Å². The number of amides is 3. The summed E-state index contributed by atoms with van der Waals surface area (Å²) in [6.45, 7) is 0. The van der Waals surface area contributed by atoms with E-state index in [2.05, 4.69) is 10.6 Å². The number of halogens is 1. The van der Waals surface area contributed by atoms with Gasteiger partial charge in [0.1, 0.15) is 11.9 Å². The predicted octanol–water partition coefficient (Wildman–Crippen LogP) is -0.0294. The molecule has 1 aliphatic heterocycles. The topological polar surface area (TPSA) is 75.3 Å². The molecule has 2 rings (SSSR count). The summed E-state index contributed by atoms with van der Waals surface area (Å²) in [6.07, 6.45) is -0.112. The Bertz CT molecular complexity index is 501. The van der Waals surface area contributed by atoms with Crippen LogP contribution in [0.25, 0.3) is 0 Å². The first-order valence-electron chi connectivity index (χ1n) is 4.97. The van der Waals surface area contributed by atoms with E-state index in [1.54, 1.807) is 0 Å². The lowest BCUT2D eigenvalue weighted by molar-refractivity contribution is -0.125. The van der Waals surface area contributed by atoms with E-state index >= 15 is 0 Å².